The molecule has 5 aliphatic rings. The molecule has 1 aromatic heterocycles. The van der Waals surface area contributed by atoms with E-state index < -0.39 is 77.0 Å². The molecule has 10 rings (SSSR count). The van der Waals surface area contributed by atoms with Gasteiger partial charge in [0.15, 0.2) is 28.8 Å². The largest absolute Gasteiger partial charge is 0.488 e. The second-order valence-corrected chi connectivity index (χ2v) is 21.7. The Morgan fingerprint density at radius 2 is 1.64 bits per heavy atom. The summed E-state index contributed by atoms with van der Waals surface area (Å²) < 4.78 is 78.3. The van der Waals surface area contributed by atoms with Crippen molar-refractivity contribution in [2.24, 2.45) is 24.6 Å². The summed E-state index contributed by atoms with van der Waals surface area (Å²) in [6.07, 6.45) is 4.41. The molecule has 6 N–H and O–H groups in total. The van der Waals surface area contributed by atoms with Gasteiger partial charge in [0.1, 0.15) is 35.6 Å². The van der Waals surface area contributed by atoms with E-state index in [1.165, 1.54) is 27.8 Å². The molecular weight excluding hydrogens is 1020 g/mol. The Kier molecular flexibility index (Phi) is 15.6. The first-order valence-corrected chi connectivity index (χ1v) is 26.9. The molecule has 1 aliphatic carbocycles. The summed E-state index contributed by atoms with van der Waals surface area (Å²) in [5, 5.41) is 29.2. The third-order valence-electron chi connectivity index (χ3n) is 16.7. The highest BCUT2D eigenvalue weighted by atomic mass is 35.5. The molecule has 21 heteroatoms. The van der Waals surface area contributed by atoms with Crippen LogP contribution in [0.4, 0.5) is 28.2 Å². The minimum atomic E-state index is -1.32. The Morgan fingerprint density at radius 1 is 0.922 bits per heavy atom. The standard InChI is InChI=1S/C56H63ClF4N8O8/c1-30-44-42(25-40(59)48(57)47(44)46-37(52(62)73)12-13-41(49(46)60)76-28-36(71)27-70)77-56(30,34-6-4-3-5-7-34)29-63-35-10-8-33(9-11-35)54(74)68-21-14-31(15-22-68)26-67-19-16-32(17-20-67)45-39(58)24-38-51(50(45)61)66(2)65-53(38)69-23-18-43(72)64-55(69)75/h3-7,12-13,24-25,30-33,35-36,63,70-71H,8-11,14-23,26-29H2,1-2H3,(H2,62,73)(H,64,72,75)/t30-,33?,35?,36?,56-/m0/s1. The molecule has 4 fully saturated rings. The number of aliphatic hydroxyl groups is 2. The minimum Gasteiger partial charge on any atom is -0.488 e. The number of aryl methyl sites for hydroxylation is 1. The number of fused-ring (bicyclic) bond motifs is 2. The number of urea groups is 1. The Labute approximate surface area is 447 Å². The van der Waals surface area contributed by atoms with Crippen molar-refractivity contribution in [1.82, 2.24) is 30.2 Å². The molecule has 16 nitrogen and oxygen atoms in total. The summed E-state index contributed by atoms with van der Waals surface area (Å²) >= 11 is 6.73. The fourth-order valence-corrected chi connectivity index (χ4v) is 12.7. The monoisotopic (exact) mass is 1090 g/mol. The number of piperidine rings is 2. The van der Waals surface area contributed by atoms with Crippen LogP contribution in [-0.4, -0.2) is 125 Å². The van der Waals surface area contributed by atoms with Crippen molar-refractivity contribution in [1.29, 1.82) is 0 Å². The molecule has 1 saturated carbocycles. The predicted octanol–water partition coefficient (Wildman–Crippen LogP) is 7.39. The summed E-state index contributed by atoms with van der Waals surface area (Å²) in [6, 6.07) is 13.5. The second kappa shape index (κ2) is 22.2. The average Bonchev–Trinajstić information content (AvgIpc) is 4.04. The Bertz CT molecular complexity index is 3090. The van der Waals surface area contributed by atoms with Gasteiger partial charge in [-0.25, -0.2) is 22.4 Å². The first-order valence-electron chi connectivity index (χ1n) is 26.5. The number of likely N-dealkylation sites (tertiary alicyclic amines) is 2. The van der Waals surface area contributed by atoms with Gasteiger partial charge in [-0.2, -0.15) is 5.10 Å². The first-order chi connectivity index (χ1) is 37.0. The van der Waals surface area contributed by atoms with Gasteiger partial charge in [0.05, 0.1) is 22.6 Å². The van der Waals surface area contributed by atoms with Crippen molar-refractivity contribution in [3.05, 3.63) is 105 Å². The van der Waals surface area contributed by atoms with Gasteiger partial charge in [-0.1, -0.05) is 48.9 Å². The third-order valence-corrected chi connectivity index (χ3v) is 17.1. The van der Waals surface area contributed by atoms with Crippen LogP contribution in [0.1, 0.15) is 104 Å². The summed E-state index contributed by atoms with van der Waals surface area (Å²) in [5.41, 5.74) is 5.08. The number of carbonyl (C=O) groups excluding carboxylic acids is 4. The van der Waals surface area contributed by atoms with E-state index in [9.17, 15) is 29.4 Å². The number of amides is 5. The maximum atomic E-state index is 16.6. The topological polar surface area (TPSA) is 205 Å². The van der Waals surface area contributed by atoms with E-state index in [4.69, 9.17) is 26.8 Å². The number of imide groups is 1. The molecule has 410 valence electrons. The molecule has 0 radical (unpaired) electrons. The van der Waals surface area contributed by atoms with Gasteiger partial charge in [0.2, 0.25) is 17.7 Å². The number of hydrogen-bond donors (Lipinski definition) is 5. The SMILES string of the molecule is C[C@H]1c2c(cc(F)c(Cl)c2-c2c(C(N)=O)ccc(OCC(O)CO)c2F)O[C@]1(CNC1CCC(C(=O)N2CCC(CN3CCC(c4c(F)cc5c(N6CCC(=O)NC6=O)nn(C)c5c4F)CC3)CC2)CC1)c1ccccc1. The number of anilines is 1. The zero-order chi connectivity index (χ0) is 54.4. The van der Waals surface area contributed by atoms with Crippen LogP contribution < -0.4 is 30.7 Å². The number of primary amides is 1. The van der Waals surface area contributed by atoms with Crippen molar-refractivity contribution in [3.8, 4) is 22.6 Å². The fourth-order valence-electron chi connectivity index (χ4n) is 12.5. The van der Waals surface area contributed by atoms with Crippen molar-refractivity contribution in [3.63, 3.8) is 0 Å². The van der Waals surface area contributed by atoms with Crippen LogP contribution in [0.3, 0.4) is 0 Å². The van der Waals surface area contributed by atoms with Gasteiger partial charge in [0.25, 0.3) is 0 Å². The van der Waals surface area contributed by atoms with Crippen LogP contribution in [0.5, 0.6) is 11.5 Å². The van der Waals surface area contributed by atoms with Crippen molar-refractivity contribution in [2.45, 2.75) is 94.3 Å². The van der Waals surface area contributed by atoms with Crippen molar-refractivity contribution >= 4 is 52.1 Å². The molecule has 4 aliphatic heterocycles. The van der Waals surface area contributed by atoms with Crippen LogP contribution in [0.15, 0.2) is 54.6 Å². The summed E-state index contributed by atoms with van der Waals surface area (Å²) in [7, 11) is 1.55. The molecule has 5 aromatic rings. The molecular formula is C56H63ClF4N8O8. The number of nitrogens with zero attached hydrogens (tertiary/aromatic N) is 5. The summed E-state index contributed by atoms with van der Waals surface area (Å²) in [4.78, 5) is 56.7. The van der Waals surface area contributed by atoms with E-state index >= 15 is 17.6 Å². The zero-order valence-electron chi connectivity index (χ0n) is 42.9. The molecule has 1 unspecified atom stereocenters. The number of ether oxygens (including phenoxy) is 2. The number of nitrogens with two attached hydrogens (primary N) is 1. The van der Waals surface area contributed by atoms with E-state index in [1.54, 1.807) is 7.05 Å². The maximum absolute atomic E-state index is 16.6. The van der Waals surface area contributed by atoms with Gasteiger partial charge in [-0.05, 0) is 100 Å². The number of halogens is 5. The molecule has 4 aromatic carbocycles. The van der Waals surface area contributed by atoms with Gasteiger partial charge in [-0.15, -0.1) is 0 Å². The quantitative estimate of drug-likeness (QED) is 0.0655. The van der Waals surface area contributed by atoms with Crippen molar-refractivity contribution < 1.29 is 56.4 Å². The van der Waals surface area contributed by atoms with Crippen LogP contribution in [0.2, 0.25) is 5.02 Å². The van der Waals surface area contributed by atoms with E-state index in [1.807, 2.05) is 42.2 Å². The van der Waals surface area contributed by atoms with Gasteiger partial charge in [-0.3, -0.25) is 29.3 Å². The van der Waals surface area contributed by atoms with Gasteiger partial charge >= 0.3 is 6.03 Å². The average molecular weight is 1090 g/mol. The zero-order valence-corrected chi connectivity index (χ0v) is 43.7. The number of aliphatic hydroxyl groups excluding tert-OH is 2. The Balaban J connectivity index is 0.743. The number of aromatic nitrogens is 2. The molecule has 0 bridgehead atoms. The Hall–Kier alpha value is -6.32. The van der Waals surface area contributed by atoms with E-state index in [2.05, 4.69) is 20.6 Å². The van der Waals surface area contributed by atoms with E-state index in [0.717, 1.165) is 43.9 Å². The lowest BCUT2D eigenvalue weighted by atomic mass is 9.77. The normalized spacial score (nSPS) is 23.0. The highest BCUT2D eigenvalue weighted by molar-refractivity contribution is 6.34. The molecule has 5 amide bonds. The fraction of sp³-hybridized carbons (Fsp3) is 0.482. The van der Waals surface area contributed by atoms with Crippen LogP contribution in [0.25, 0.3) is 22.0 Å². The molecule has 3 saturated heterocycles. The summed E-state index contributed by atoms with van der Waals surface area (Å²) in [6.45, 7) is 4.59. The maximum Gasteiger partial charge on any atom is 0.329 e. The number of hydrogen-bond acceptors (Lipinski definition) is 11. The van der Waals surface area contributed by atoms with Crippen molar-refractivity contribution in [2.75, 3.05) is 63.9 Å². The van der Waals surface area contributed by atoms with E-state index in [-0.39, 0.29) is 93.8 Å². The lowest BCUT2D eigenvalue weighted by molar-refractivity contribution is -0.138. The predicted molar refractivity (Wildman–Crippen MR) is 279 cm³/mol. The highest BCUT2D eigenvalue weighted by Gasteiger charge is 2.50. The summed E-state index contributed by atoms with van der Waals surface area (Å²) in [5.74, 6) is -5.44. The van der Waals surface area contributed by atoms with Crippen LogP contribution in [-0.2, 0) is 22.2 Å². The van der Waals surface area contributed by atoms with Gasteiger partial charge < -0.3 is 40.5 Å². The molecule has 5 heterocycles. The van der Waals surface area contributed by atoms with Gasteiger partial charge in [0, 0.05) is 92.4 Å². The van der Waals surface area contributed by atoms with Crippen LogP contribution >= 0.6 is 11.6 Å². The van der Waals surface area contributed by atoms with E-state index in [0.29, 0.717) is 63.3 Å². The highest BCUT2D eigenvalue weighted by Crippen LogP contribution is 2.57. The molecule has 0 spiro atoms. The smallest absolute Gasteiger partial charge is 0.329 e. The minimum absolute atomic E-state index is 0.0120. The molecule has 77 heavy (non-hydrogen) atoms. The number of benzene rings is 4. The first kappa shape index (κ1) is 54.1. The number of nitrogens with one attached hydrogen (secondary N) is 2. The third kappa shape index (κ3) is 10.3. The Morgan fingerprint density at radius 3 is 2.31 bits per heavy atom. The van der Waals surface area contributed by atoms with Crippen LogP contribution in [0, 0.1) is 35.1 Å². The lowest BCUT2D eigenvalue weighted by Gasteiger charge is -2.40. The number of rotatable bonds is 15. The molecule has 3 atom stereocenters. The second-order valence-electron chi connectivity index (χ2n) is 21.3. The lowest BCUT2D eigenvalue weighted by Crippen LogP contribution is -2.49. The number of carbonyl (C=O) groups is 4.